The van der Waals surface area contributed by atoms with Crippen LogP contribution in [0.2, 0.25) is 0 Å². The van der Waals surface area contributed by atoms with Gasteiger partial charge in [-0.2, -0.15) is 0 Å². The number of hydrogen-bond acceptors (Lipinski definition) is 3. The molecule has 1 aromatic heterocycles. The summed E-state index contributed by atoms with van der Waals surface area (Å²) in [4.78, 5) is 15.8. The van der Waals surface area contributed by atoms with E-state index in [1.54, 1.807) is 12.1 Å². The second-order valence-electron chi connectivity index (χ2n) is 5.73. The molecule has 0 saturated carbocycles. The lowest BCUT2D eigenvalue weighted by Crippen LogP contribution is -2.45. The highest BCUT2D eigenvalue weighted by Crippen LogP contribution is 2.18. The molecule has 2 heterocycles. The zero-order valence-corrected chi connectivity index (χ0v) is 12.3. The average molecular weight is 287 g/mol. The summed E-state index contributed by atoms with van der Waals surface area (Å²) in [5, 5.41) is 10.0. The van der Waals surface area contributed by atoms with E-state index >= 15 is 0 Å². The van der Waals surface area contributed by atoms with Gasteiger partial charge >= 0.3 is 5.97 Å². The summed E-state index contributed by atoms with van der Waals surface area (Å²) in [6.45, 7) is 6.50. The average Bonchev–Trinajstić information content (AvgIpc) is 2.89. The van der Waals surface area contributed by atoms with Gasteiger partial charge in [0.25, 0.3) is 0 Å². The molecule has 112 valence electrons. The quantitative estimate of drug-likeness (QED) is 0.927. The van der Waals surface area contributed by atoms with Gasteiger partial charge < -0.3 is 14.6 Å². The fourth-order valence-electron chi connectivity index (χ4n) is 2.85. The molecular weight excluding hydrogens is 266 g/mol. The molecule has 2 aromatic rings. The maximum absolute atomic E-state index is 11.0. The van der Waals surface area contributed by atoms with Gasteiger partial charge in [0.2, 0.25) is 0 Å². The lowest BCUT2D eigenvalue weighted by atomic mass is 10.1. The second kappa shape index (κ2) is 5.87. The van der Waals surface area contributed by atoms with Crippen LogP contribution in [0.3, 0.4) is 0 Å². The Morgan fingerprint density at radius 1 is 1.14 bits per heavy atom. The molecule has 0 aliphatic carbocycles. The summed E-state index contributed by atoms with van der Waals surface area (Å²) >= 11 is 0. The van der Waals surface area contributed by atoms with Gasteiger partial charge in [0.1, 0.15) is 0 Å². The maximum atomic E-state index is 11.0. The molecule has 0 amide bonds. The van der Waals surface area contributed by atoms with Gasteiger partial charge in [-0.15, -0.1) is 0 Å². The van der Waals surface area contributed by atoms with Crippen LogP contribution < -0.4 is 0 Å². The largest absolute Gasteiger partial charge is 0.478 e. The summed E-state index contributed by atoms with van der Waals surface area (Å²) in [7, 11) is 2.16. The van der Waals surface area contributed by atoms with E-state index in [-0.39, 0.29) is 0 Å². The monoisotopic (exact) mass is 287 g/mol. The number of likely N-dealkylation sites (N-methyl/N-ethyl adjacent to an activating group) is 1. The number of carboxylic acid groups (broad SMARTS) is 1. The lowest BCUT2D eigenvalue weighted by molar-refractivity contribution is 0.0697. The van der Waals surface area contributed by atoms with E-state index in [0.717, 1.165) is 50.2 Å². The van der Waals surface area contributed by atoms with Crippen LogP contribution in [-0.4, -0.2) is 65.2 Å². The summed E-state index contributed by atoms with van der Waals surface area (Å²) in [6.07, 6.45) is 2.05. The Morgan fingerprint density at radius 3 is 2.62 bits per heavy atom. The highest BCUT2D eigenvalue weighted by atomic mass is 16.4. The normalized spacial score (nSPS) is 17.4. The molecule has 3 rings (SSSR count). The number of aromatic carboxylic acids is 1. The standard InChI is InChI=1S/C16H21N3O2/c1-17-6-8-18(9-7-17)10-11-19-5-4-13-12-14(16(20)21)2-3-15(13)19/h2-5,12H,6-11H2,1H3,(H,20,21). The first-order valence-electron chi connectivity index (χ1n) is 7.36. The van der Waals surface area contributed by atoms with Gasteiger partial charge in [-0.1, -0.05) is 0 Å². The summed E-state index contributed by atoms with van der Waals surface area (Å²) in [5.74, 6) is -0.873. The number of carbonyl (C=O) groups is 1. The Labute approximate surface area is 124 Å². The Balaban J connectivity index is 1.68. The van der Waals surface area contributed by atoms with E-state index in [2.05, 4.69) is 21.4 Å². The van der Waals surface area contributed by atoms with Crippen LogP contribution in [0.25, 0.3) is 10.9 Å². The van der Waals surface area contributed by atoms with E-state index in [9.17, 15) is 4.79 Å². The molecule has 5 nitrogen and oxygen atoms in total. The van der Waals surface area contributed by atoms with E-state index < -0.39 is 5.97 Å². The Hall–Kier alpha value is -1.85. The molecule has 1 aromatic carbocycles. The van der Waals surface area contributed by atoms with Gasteiger partial charge in [0, 0.05) is 56.4 Å². The van der Waals surface area contributed by atoms with Crippen LogP contribution in [0.4, 0.5) is 0 Å². The predicted octanol–water partition coefficient (Wildman–Crippen LogP) is 1.59. The highest BCUT2D eigenvalue weighted by molar-refractivity contribution is 5.93. The topological polar surface area (TPSA) is 48.7 Å². The SMILES string of the molecule is CN1CCN(CCn2ccc3cc(C(=O)O)ccc32)CC1. The molecule has 1 N–H and O–H groups in total. The number of aromatic nitrogens is 1. The van der Waals surface area contributed by atoms with Crippen LogP contribution >= 0.6 is 0 Å². The van der Waals surface area contributed by atoms with Crippen molar-refractivity contribution in [3.05, 3.63) is 36.0 Å². The van der Waals surface area contributed by atoms with Crippen molar-refractivity contribution in [1.29, 1.82) is 0 Å². The molecule has 0 unspecified atom stereocenters. The van der Waals surface area contributed by atoms with Crippen LogP contribution in [-0.2, 0) is 6.54 Å². The highest BCUT2D eigenvalue weighted by Gasteiger charge is 2.13. The Bertz CT molecular complexity index is 642. The minimum Gasteiger partial charge on any atom is -0.478 e. The zero-order chi connectivity index (χ0) is 14.8. The maximum Gasteiger partial charge on any atom is 0.335 e. The molecule has 1 aliphatic heterocycles. The van der Waals surface area contributed by atoms with Crippen LogP contribution in [0, 0.1) is 0 Å². The number of benzene rings is 1. The van der Waals surface area contributed by atoms with Crippen molar-refractivity contribution in [3.63, 3.8) is 0 Å². The van der Waals surface area contributed by atoms with Gasteiger partial charge in [0.05, 0.1) is 5.56 Å². The van der Waals surface area contributed by atoms with Crippen molar-refractivity contribution in [3.8, 4) is 0 Å². The zero-order valence-electron chi connectivity index (χ0n) is 12.3. The van der Waals surface area contributed by atoms with Crippen molar-refractivity contribution in [2.75, 3.05) is 39.8 Å². The molecule has 0 radical (unpaired) electrons. The van der Waals surface area contributed by atoms with Gasteiger partial charge in [-0.25, -0.2) is 4.79 Å². The minimum atomic E-state index is -0.873. The molecule has 0 atom stereocenters. The number of hydrogen-bond donors (Lipinski definition) is 1. The van der Waals surface area contributed by atoms with E-state index in [4.69, 9.17) is 5.11 Å². The molecule has 1 aliphatic rings. The number of piperazine rings is 1. The summed E-state index contributed by atoms with van der Waals surface area (Å²) in [6, 6.07) is 7.32. The number of fused-ring (bicyclic) bond motifs is 1. The van der Waals surface area contributed by atoms with E-state index in [1.807, 2.05) is 18.3 Å². The van der Waals surface area contributed by atoms with Crippen molar-refractivity contribution in [1.82, 2.24) is 14.4 Å². The van der Waals surface area contributed by atoms with Crippen molar-refractivity contribution in [2.45, 2.75) is 6.54 Å². The van der Waals surface area contributed by atoms with E-state index in [0.29, 0.717) is 5.56 Å². The predicted molar refractivity (Wildman–Crippen MR) is 82.8 cm³/mol. The first kappa shape index (κ1) is 14.1. The Kier molecular flexibility index (Phi) is 3.94. The molecule has 1 fully saturated rings. The third-order valence-corrected chi connectivity index (χ3v) is 4.27. The first-order valence-corrected chi connectivity index (χ1v) is 7.36. The van der Waals surface area contributed by atoms with Gasteiger partial charge in [0.15, 0.2) is 0 Å². The molecule has 0 spiro atoms. The lowest BCUT2D eigenvalue weighted by Gasteiger charge is -2.32. The van der Waals surface area contributed by atoms with Gasteiger partial charge in [-0.3, -0.25) is 4.90 Å². The number of nitrogens with zero attached hydrogens (tertiary/aromatic N) is 3. The first-order chi connectivity index (χ1) is 10.1. The number of carboxylic acids is 1. The Morgan fingerprint density at radius 2 is 1.90 bits per heavy atom. The minimum absolute atomic E-state index is 0.347. The third-order valence-electron chi connectivity index (χ3n) is 4.27. The summed E-state index contributed by atoms with van der Waals surface area (Å²) < 4.78 is 2.21. The van der Waals surface area contributed by atoms with Crippen molar-refractivity contribution >= 4 is 16.9 Å². The second-order valence-corrected chi connectivity index (χ2v) is 5.73. The van der Waals surface area contributed by atoms with Crippen LogP contribution in [0.5, 0.6) is 0 Å². The summed E-state index contributed by atoms with van der Waals surface area (Å²) in [5.41, 5.74) is 1.45. The molecule has 21 heavy (non-hydrogen) atoms. The molecule has 0 bridgehead atoms. The van der Waals surface area contributed by atoms with Crippen molar-refractivity contribution in [2.24, 2.45) is 0 Å². The smallest absolute Gasteiger partial charge is 0.335 e. The molecule has 5 heteroatoms. The third kappa shape index (κ3) is 3.09. The van der Waals surface area contributed by atoms with E-state index in [1.165, 1.54) is 0 Å². The van der Waals surface area contributed by atoms with Crippen LogP contribution in [0.1, 0.15) is 10.4 Å². The molecule has 1 saturated heterocycles. The van der Waals surface area contributed by atoms with Gasteiger partial charge in [-0.05, 0) is 31.3 Å². The molecular formula is C16H21N3O2. The number of rotatable bonds is 4. The van der Waals surface area contributed by atoms with Crippen LogP contribution in [0.15, 0.2) is 30.5 Å². The fourth-order valence-corrected chi connectivity index (χ4v) is 2.85. The fraction of sp³-hybridized carbons (Fsp3) is 0.438. The van der Waals surface area contributed by atoms with Crippen molar-refractivity contribution < 1.29 is 9.90 Å².